The summed E-state index contributed by atoms with van der Waals surface area (Å²) in [5.41, 5.74) is 0. The molecule has 1 amide bonds. The van der Waals surface area contributed by atoms with Crippen molar-refractivity contribution >= 4 is 11.9 Å². The number of carboxylic acids is 1. The van der Waals surface area contributed by atoms with E-state index in [0.29, 0.717) is 19.7 Å². The maximum atomic E-state index is 11.6. The molecule has 16 heavy (non-hydrogen) atoms. The highest BCUT2D eigenvalue weighted by molar-refractivity contribution is 5.86. The lowest BCUT2D eigenvalue weighted by molar-refractivity contribution is -0.144. The quantitative estimate of drug-likeness (QED) is 0.511. The van der Waals surface area contributed by atoms with Crippen LogP contribution in [0.1, 0.15) is 6.42 Å². The molecule has 0 bridgehead atoms. The molecule has 1 fully saturated rings. The first-order valence-electron chi connectivity index (χ1n) is 4.94. The number of rotatable bonds is 4. The van der Waals surface area contributed by atoms with Crippen molar-refractivity contribution in [2.24, 2.45) is 0 Å². The molecule has 1 aliphatic heterocycles. The lowest BCUT2D eigenvalue weighted by Crippen LogP contribution is -2.51. The molecule has 1 aliphatic rings. The minimum atomic E-state index is -1.14. The fourth-order valence-corrected chi connectivity index (χ4v) is 1.32. The molecule has 1 saturated heterocycles. The van der Waals surface area contributed by atoms with Crippen LogP contribution in [-0.2, 0) is 14.3 Å². The van der Waals surface area contributed by atoms with Crippen LogP contribution in [-0.4, -0.2) is 48.8 Å². The summed E-state index contributed by atoms with van der Waals surface area (Å²) in [7, 11) is 0. The summed E-state index contributed by atoms with van der Waals surface area (Å²) in [6.45, 7) is 1.51. The average Bonchev–Trinajstić information content (AvgIpc) is 2.29. The standard InChI is InChI=1S/C10H14N2O4/c1-2-3-7(10(14)15)12-9(13)8-6-11-4-5-16-8/h1,7-8,11H,3-6H2,(H,12,13)(H,14,15). The van der Waals surface area contributed by atoms with E-state index in [1.807, 2.05) is 0 Å². The molecule has 0 aromatic carbocycles. The van der Waals surface area contributed by atoms with Crippen molar-refractivity contribution in [2.45, 2.75) is 18.6 Å². The molecule has 3 N–H and O–H groups in total. The highest BCUT2D eigenvalue weighted by Crippen LogP contribution is 1.98. The lowest BCUT2D eigenvalue weighted by Gasteiger charge is -2.24. The number of hydrogen-bond acceptors (Lipinski definition) is 4. The molecule has 0 aromatic rings. The Hall–Kier alpha value is -1.58. The zero-order valence-electron chi connectivity index (χ0n) is 8.73. The van der Waals surface area contributed by atoms with E-state index in [9.17, 15) is 9.59 Å². The summed E-state index contributed by atoms with van der Waals surface area (Å²) >= 11 is 0. The lowest BCUT2D eigenvalue weighted by atomic mass is 10.2. The van der Waals surface area contributed by atoms with Crippen molar-refractivity contribution < 1.29 is 19.4 Å². The highest BCUT2D eigenvalue weighted by atomic mass is 16.5. The smallest absolute Gasteiger partial charge is 0.327 e. The van der Waals surface area contributed by atoms with Gasteiger partial charge in [-0.05, 0) is 0 Å². The van der Waals surface area contributed by atoms with Crippen molar-refractivity contribution in [3.05, 3.63) is 0 Å². The van der Waals surface area contributed by atoms with Crippen molar-refractivity contribution in [3.8, 4) is 12.3 Å². The van der Waals surface area contributed by atoms with Crippen LogP contribution in [0.5, 0.6) is 0 Å². The molecule has 1 heterocycles. The predicted octanol–water partition coefficient (Wildman–Crippen LogP) is -1.43. The second kappa shape index (κ2) is 6.10. The van der Waals surface area contributed by atoms with Gasteiger partial charge in [-0.1, -0.05) is 0 Å². The largest absolute Gasteiger partial charge is 0.480 e. The third kappa shape index (κ3) is 3.53. The molecule has 0 aromatic heterocycles. The van der Waals surface area contributed by atoms with Crippen LogP contribution >= 0.6 is 0 Å². The van der Waals surface area contributed by atoms with Crippen molar-refractivity contribution in [3.63, 3.8) is 0 Å². The number of carbonyl (C=O) groups is 2. The number of aliphatic carboxylic acids is 1. The van der Waals surface area contributed by atoms with Crippen LogP contribution in [0, 0.1) is 12.3 Å². The van der Waals surface area contributed by atoms with E-state index < -0.39 is 24.0 Å². The molecule has 88 valence electrons. The molecular formula is C10H14N2O4. The molecule has 2 atom stereocenters. The summed E-state index contributed by atoms with van der Waals surface area (Å²) in [5.74, 6) is 0.613. The minimum absolute atomic E-state index is 0.0405. The molecule has 6 nitrogen and oxygen atoms in total. The molecule has 2 unspecified atom stereocenters. The van der Waals surface area contributed by atoms with E-state index in [0.717, 1.165) is 0 Å². The van der Waals surface area contributed by atoms with Crippen LogP contribution in [0.2, 0.25) is 0 Å². The fourth-order valence-electron chi connectivity index (χ4n) is 1.32. The maximum absolute atomic E-state index is 11.6. The van der Waals surface area contributed by atoms with Crippen LogP contribution in [0.15, 0.2) is 0 Å². The summed E-state index contributed by atoms with van der Waals surface area (Å²) in [5, 5.41) is 14.1. The van der Waals surface area contributed by atoms with E-state index in [1.54, 1.807) is 0 Å². The molecule has 6 heteroatoms. The average molecular weight is 226 g/mol. The minimum Gasteiger partial charge on any atom is -0.480 e. The Balaban J connectivity index is 2.47. The fraction of sp³-hybridized carbons (Fsp3) is 0.600. The third-order valence-electron chi connectivity index (χ3n) is 2.16. The Morgan fingerprint density at radius 2 is 2.44 bits per heavy atom. The van der Waals surface area contributed by atoms with E-state index in [4.69, 9.17) is 16.3 Å². The molecule has 0 radical (unpaired) electrons. The van der Waals surface area contributed by atoms with Gasteiger partial charge in [0.2, 0.25) is 0 Å². The van der Waals surface area contributed by atoms with Gasteiger partial charge in [0.25, 0.3) is 5.91 Å². The molecular weight excluding hydrogens is 212 g/mol. The van der Waals surface area contributed by atoms with E-state index in [1.165, 1.54) is 0 Å². The van der Waals surface area contributed by atoms with Gasteiger partial charge >= 0.3 is 5.97 Å². The molecule has 0 aliphatic carbocycles. The normalized spacial score (nSPS) is 21.8. The number of amides is 1. The van der Waals surface area contributed by atoms with Crippen LogP contribution < -0.4 is 10.6 Å². The van der Waals surface area contributed by atoms with Crippen LogP contribution in [0.3, 0.4) is 0 Å². The number of terminal acetylenes is 1. The molecule has 0 saturated carbocycles. The number of nitrogens with one attached hydrogen (secondary N) is 2. The van der Waals surface area contributed by atoms with E-state index >= 15 is 0 Å². The van der Waals surface area contributed by atoms with Gasteiger partial charge < -0.3 is 20.5 Å². The zero-order valence-corrected chi connectivity index (χ0v) is 8.73. The summed E-state index contributed by atoms with van der Waals surface area (Å²) < 4.78 is 5.18. The monoisotopic (exact) mass is 226 g/mol. The number of carbonyl (C=O) groups excluding carboxylic acids is 1. The Kier molecular flexibility index (Phi) is 4.76. The summed E-state index contributed by atoms with van der Waals surface area (Å²) in [6.07, 6.45) is 4.33. The second-order valence-electron chi connectivity index (χ2n) is 3.37. The topological polar surface area (TPSA) is 87.7 Å². The number of ether oxygens (including phenoxy) is 1. The van der Waals surface area contributed by atoms with Crippen molar-refractivity contribution in [1.29, 1.82) is 0 Å². The van der Waals surface area contributed by atoms with Crippen LogP contribution in [0.4, 0.5) is 0 Å². The Morgan fingerprint density at radius 3 is 2.94 bits per heavy atom. The maximum Gasteiger partial charge on any atom is 0.327 e. The second-order valence-corrected chi connectivity index (χ2v) is 3.37. The van der Waals surface area contributed by atoms with Crippen molar-refractivity contribution in [1.82, 2.24) is 10.6 Å². The number of carboxylic acid groups (broad SMARTS) is 1. The van der Waals surface area contributed by atoms with E-state index in [2.05, 4.69) is 16.6 Å². The summed E-state index contributed by atoms with van der Waals surface area (Å²) in [6, 6.07) is -1.05. The van der Waals surface area contributed by atoms with Gasteiger partial charge in [0, 0.05) is 19.5 Å². The van der Waals surface area contributed by atoms with Gasteiger partial charge in [0.1, 0.15) is 12.1 Å². The van der Waals surface area contributed by atoms with Gasteiger partial charge in [-0.25, -0.2) is 4.79 Å². The predicted molar refractivity (Wildman–Crippen MR) is 55.6 cm³/mol. The van der Waals surface area contributed by atoms with Gasteiger partial charge in [-0.15, -0.1) is 12.3 Å². The first-order valence-corrected chi connectivity index (χ1v) is 4.94. The summed E-state index contributed by atoms with van der Waals surface area (Å²) in [4.78, 5) is 22.3. The van der Waals surface area contributed by atoms with Gasteiger partial charge in [0.15, 0.2) is 0 Å². The van der Waals surface area contributed by atoms with Gasteiger partial charge in [-0.3, -0.25) is 4.79 Å². The highest BCUT2D eigenvalue weighted by Gasteiger charge is 2.26. The van der Waals surface area contributed by atoms with E-state index in [-0.39, 0.29) is 6.42 Å². The Morgan fingerprint density at radius 1 is 1.69 bits per heavy atom. The van der Waals surface area contributed by atoms with Crippen LogP contribution in [0.25, 0.3) is 0 Å². The number of hydrogen-bond donors (Lipinski definition) is 3. The first-order chi connectivity index (χ1) is 7.65. The Bertz CT molecular complexity index is 304. The Labute approximate surface area is 93.3 Å². The number of morpholine rings is 1. The van der Waals surface area contributed by atoms with Gasteiger partial charge in [0.05, 0.1) is 6.61 Å². The van der Waals surface area contributed by atoms with Gasteiger partial charge in [-0.2, -0.15) is 0 Å². The first kappa shape index (κ1) is 12.5. The zero-order chi connectivity index (χ0) is 12.0. The molecule has 0 spiro atoms. The van der Waals surface area contributed by atoms with Crippen molar-refractivity contribution in [2.75, 3.05) is 19.7 Å². The molecule has 1 rings (SSSR count). The SMILES string of the molecule is C#CCC(NC(=O)C1CNCCO1)C(=O)O. The third-order valence-corrected chi connectivity index (χ3v) is 2.16.